The monoisotopic (exact) mass is 438 g/mol. The van der Waals surface area contributed by atoms with Crippen molar-refractivity contribution in [1.29, 1.82) is 0 Å². The van der Waals surface area contributed by atoms with Gasteiger partial charge in [0.25, 0.3) is 5.56 Å². The van der Waals surface area contributed by atoms with Gasteiger partial charge in [-0.1, -0.05) is 11.6 Å². The summed E-state index contributed by atoms with van der Waals surface area (Å²) in [7, 11) is 1.55. The fourth-order valence-electron chi connectivity index (χ4n) is 2.31. The van der Waals surface area contributed by atoms with E-state index in [9.17, 15) is 31.1 Å². The summed E-state index contributed by atoms with van der Waals surface area (Å²) in [5, 5.41) is -0.682. The van der Waals surface area contributed by atoms with Crippen LogP contribution >= 0.6 is 11.6 Å². The third-order valence-corrected chi connectivity index (χ3v) is 3.89. The quantitative estimate of drug-likeness (QED) is 0.604. The van der Waals surface area contributed by atoms with Gasteiger partial charge in [0.2, 0.25) is 5.75 Å². The predicted molar refractivity (Wildman–Crippen MR) is 88.6 cm³/mol. The number of nitrogens with zero attached hydrogens (tertiary/aromatic N) is 3. The van der Waals surface area contributed by atoms with E-state index in [1.54, 1.807) is 7.05 Å². The molecule has 0 fully saturated rings. The molecule has 2 aromatic heterocycles. The summed E-state index contributed by atoms with van der Waals surface area (Å²) in [6.45, 7) is 0. The molecular weight excluding hydrogens is 430 g/mol. The maximum absolute atomic E-state index is 13.4. The number of halogens is 7. The van der Waals surface area contributed by atoms with Gasteiger partial charge < -0.3 is 14.3 Å². The van der Waals surface area contributed by atoms with Crippen molar-refractivity contribution in [2.75, 3.05) is 0 Å². The Balaban J connectivity index is 2.12. The highest BCUT2D eigenvalue weighted by Crippen LogP contribution is 2.39. The zero-order valence-corrected chi connectivity index (χ0v) is 14.9. The van der Waals surface area contributed by atoms with Crippen molar-refractivity contribution in [2.45, 2.75) is 12.4 Å². The maximum atomic E-state index is 13.4. The average molecular weight is 439 g/mol. The van der Waals surface area contributed by atoms with Crippen LogP contribution < -0.4 is 10.3 Å². The van der Waals surface area contributed by atoms with Crippen molar-refractivity contribution in [1.82, 2.24) is 19.5 Å². The summed E-state index contributed by atoms with van der Waals surface area (Å²) in [6, 6.07) is 2.06. The molecule has 0 amide bonds. The summed E-state index contributed by atoms with van der Waals surface area (Å²) < 4.78 is 85.4. The average Bonchev–Trinajstić information content (AvgIpc) is 3.02. The van der Waals surface area contributed by atoms with Gasteiger partial charge in [0.15, 0.2) is 11.5 Å². The number of H-pyrrole nitrogens is 1. The van der Waals surface area contributed by atoms with Gasteiger partial charge in [-0.25, -0.2) is 9.97 Å². The molecular formula is C16H9ClF6N4O2. The molecule has 0 aliphatic heterocycles. The van der Waals surface area contributed by atoms with Crippen LogP contribution in [0.15, 0.2) is 35.5 Å². The molecule has 0 atom stereocenters. The van der Waals surface area contributed by atoms with Crippen LogP contribution in [0.2, 0.25) is 5.02 Å². The van der Waals surface area contributed by atoms with Gasteiger partial charge in [-0.05, 0) is 18.2 Å². The number of benzene rings is 1. The number of rotatable bonds is 3. The highest BCUT2D eigenvalue weighted by Gasteiger charge is 2.39. The van der Waals surface area contributed by atoms with Gasteiger partial charge in [-0.15, -0.1) is 0 Å². The van der Waals surface area contributed by atoms with E-state index >= 15 is 0 Å². The number of hydrogen-bond acceptors (Lipinski definition) is 4. The van der Waals surface area contributed by atoms with Crippen LogP contribution in [0, 0.1) is 0 Å². The van der Waals surface area contributed by atoms with Gasteiger partial charge in [0.05, 0.1) is 16.9 Å². The van der Waals surface area contributed by atoms with Crippen molar-refractivity contribution in [3.63, 3.8) is 0 Å². The SMILES string of the molecule is Cn1cnc(-c2nc(C(F)(F)F)c(Oc3ccc(Cl)c(C(F)(F)F)c3)c(=O)[nH]2)c1. The number of aromatic nitrogens is 4. The molecule has 0 unspecified atom stereocenters. The molecule has 0 radical (unpaired) electrons. The van der Waals surface area contributed by atoms with Crippen LogP contribution in [0.1, 0.15) is 11.3 Å². The number of alkyl halides is 6. The Kier molecular flexibility index (Phi) is 5.07. The lowest BCUT2D eigenvalue weighted by Gasteiger charge is -2.14. The van der Waals surface area contributed by atoms with Crippen molar-refractivity contribution in [3.8, 4) is 23.0 Å². The molecule has 1 aromatic carbocycles. The predicted octanol–water partition coefficient (Wildman–Crippen LogP) is 4.65. The lowest BCUT2D eigenvalue weighted by atomic mass is 10.2. The van der Waals surface area contributed by atoms with E-state index in [1.807, 2.05) is 0 Å². The van der Waals surface area contributed by atoms with E-state index in [0.717, 1.165) is 12.1 Å². The molecule has 13 heteroatoms. The van der Waals surface area contributed by atoms with Gasteiger partial charge in [-0.2, -0.15) is 26.3 Å². The first-order chi connectivity index (χ1) is 13.4. The molecule has 154 valence electrons. The van der Waals surface area contributed by atoms with Crippen LogP contribution in [-0.4, -0.2) is 19.5 Å². The summed E-state index contributed by atoms with van der Waals surface area (Å²) >= 11 is 5.46. The third-order valence-electron chi connectivity index (χ3n) is 3.56. The van der Waals surface area contributed by atoms with Crippen molar-refractivity contribution in [3.05, 3.63) is 57.4 Å². The van der Waals surface area contributed by atoms with E-state index in [1.165, 1.54) is 17.1 Å². The van der Waals surface area contributed by atoms with Gasteiger partial charge in [0, 0.05) is 13.2 Å². The highest BCUT2D eigenvalue weighted by atomic mass is 35.5. The van der Waals surface area contributed by atoms with Gasteiger partial charge in [0.1, 0.15) is 11.4 Å². The zero-order valence-electron chi connectivity index (χ0n) is 14.2. The summed E-state index contributed by atoms with van der Waals surface area (Å²) in [5.41, 5.74) is -4.45. The molecule has 0 aliphatic carbocycles. The lowest BCUT2D eigenvalue weighted by Crippen LogP contribution is -2.21. The second-order valence-corrected chi connectivity index (χ2v) is 6.16. The van der Waals surface area contributed by atoms with Crippen LogP contribution in [0.25, 0.3) is 11.5 Å². The Labute approximate surface area is 162 Å². The van der Waals surface area contributed by atoms with E-state index in [-0.39, 0.29) is 5.69 Å². The second-order valence-electron chi connectivity index (χ2n) is 5.76. The first kappa shape index (κ1) is 20.7. The minimum absolute atomic E-state index is 0.0486. The Morgan fingerprint density at radius 1 is 1.14 bits per heavy atom. The van der Waals surface area contributed by atoms with Crippen molar-refractivity contribution < 1.29 is 31.1 Å². The number of imidazole rings is 1. The third kappa shape index (κ3) is 4.36. The van der Waals surface area contributed by atoms with Crippen molar-refractivity contribution in [2.24, 2.45) is 7.05 Å². The minimum Gasteiger partial charge on any atom is -0.449 e. The fraction of sp³-hybridized carbons (Fsp3) is 0.188. The standard InChI is InChI=1S/C16H9ClF6N4O2/c1-27-5-10(24-6-27)13-25-12(16(21,22)23)11(14(28)26-13)29-7-2-3-9(17)8(4-7)15(18,19)20/h2-6H,1H3,(H,25,26,28). The Bertz CT molecular complexity index is 1120. The summed E-state index contributed by atoms with van der Waals surface area (Å²) in [4.78, 5) is 21.5. The molecule has 0 spiro atoms. The fourth-order valence-corrected chi connectivity index (χ4v) is 2.53. The van der Waals surface area contributed by atoms with E-state index in [4.69, 9.17) is 16.3 Å². The molecule has 0 aliphatic rings. The molecule has 0 saturated heterocycles. The molecule has 6 nitrogen and oxygen atoms in total. The number of aromatic amines is 1. The van der Waals surface area contributed by atoms with Crippen LogP contribution in [-0.2, 0) is 19.4 Å². The smallest absolute Gasteiger partial charge is 0.437 e. The molecule has 1 N–H and O–H groups in total. The highest BCUT2D eigenvalue weighted by molar-refractivity contribution is 6.31. The number of nitrogens with one attached hydrogen (secondary N) is 1. The van der Waals surface area contributed by atoms with Crippen LogP contribution in [0.5, 0.6) is 11.5 Å². The zero-order chi connectivity index (χ0) is 21.6. The lowest BCUT2D eigenvalue weighted by molar-refractivity contribution is -0.142. The van der Waals surface area contributed by atoms with E-state index in [0.29, 0.717) is 6.07 Å². The molecule has 0 saturated carbocycles. The van der Waals surface area contributed by atoms with E-state index in [2.05, 4.69) is 15.0 Å². The van der Waals surface area contributed by atoms with Crippen molar-refractivity contribution >= 4 is 11.6 Å². The van der Waals surface area contributed by atoms with Gasteiger partial charge in [-0.3, -0.25) is 4.79 Å². The van der Waals surface area contributed by atoms with Crippen LogP contribution in [0.4, 0.5) is 26.3 Å². The Hall–Kier alpha value is -3.02. The first-order valence-corrected chi connectivity index (χ1v) is 7.98. The second kappa shape index (κ2) is 7.10. The Morgan fingerprint density at radius 2 is 1.83 bits per heavy atom. The minimum atomic E-state index is -5.13. The number of aryl methyl sites for hydroxylation is 1. The largest absolute Gasteiger partial charge is 0.449 e. The Morgan fingerprint density at radius 3 is 2.38 bits per heavy atom. The van der Waals surface area contributed by atoms with Gasteiger partial charge >= 0.3 is 12.4 Å². The molecule has 3 aromatic rings. The normalized spacial score (nSPS) is 12.3. The number of hydrogen-bond donors (Lipinski definition) is 1. The molecule has 29 heavy (non-hydrogen) atoms. The molecule has 2 heterocycles. The molecule has 3 rings (SSSR count). The summed E-state index contributed by atoms with van der Waals surface area (Å²) in [6.07, 6.45) is -7.42. The topological polar surface area (TPSA) is 72.8 Å². The van der Waals surface area contributed by atoms with Crippen LogP contribution in [0.3, 0.4) is 0 Å². The first-order valence-electron chi connectivity index (χ1n) is 7.60. The number of ether oxygens (including phenoxy) is 1. The molecule has 0 bridgehead atoms. The summed E-state index contributed by atoms with van der Waals surface area (Å²) in [5.74, 6) is -2.47. The van der Waals surface area contributed by atoms with E-state index < -0.39 is 51.5 Å². The maximum Gasteiger partial charge on any atom is 0.437 e.